The topological polar surface area (TPSA) is 60.6 Å². The maximum Gasteiger partial charge on any atom is 0.246 e. The molecule has 0 N–H and O–H groups in total. The van der Waals surface area contributed by atoms with Crippen LogP contribution in [0.3, 0.4) is 0 Å². The molecule has 0 spiro atoms. The number of ether oxygens (including phenoxy) is 2. The number of hydrogen-bond acceptors (Lipinski definition) is 6. The van der Waals surface area contributed by atoms with Crippen molar-refractivity contribution in [3.8, 4) is 0 Å². The highest BCUT2D eigenvalue weighted by atomic mass is 16.5. The highest BCUT2D eigenvalue weighted by Crippen LogP contribution is 2.41. The Morgan fingerprint density at radius 3 is 2.75 bits per heavy atom. The van der Waals surface area contributed by atoms with E-state index in [0.717, 1.165) is 31.6 Å². The fourth-order valence-electron chi connectivity index (χ4n) is 3.48. The van der Waals surface area contributed by atoms with Crippen molar-refractivity contribution in [2.75, 3.05) is 32.8 Å². The fraction of sp³-hybridized carbons (Fsp3) is 0.556. The lowest BCUT2D eigenvalue weighted by Gasteiger charge is -2.30. The zero-order chi connectivity index (χ0) is 16.4. The summed E-state index contributed by atoms with van der Waals surface area (Å²) in [5.41, 5.74) is 1.16. The molecule has 0 radical (unpaired) electrons. The van der Waals surface area contributed by atoms with Crippen LogP contribution in [-0.4, -0.2) is 47.9 Å². The summed E-state index contributed by atoms with van der Waals surface area (Å²) < 4.78 is 17.7. The third-order valence-electron chi connectivity index (χ3n) is 4.87. The lowest BCUT2D eigenvalue weighted by molar-refractivity contribution is -0.0417. The van der Waals surface area contributed by atoms with Crippen molar-refractivity contribution in [2.24, 2.45) is 0 Å². The van der Waals surface area contributed by atoms with Crippen molar-refractivity contribution in [1.29, 1.82) is 0 Å². The fourth-order valence-corrected chi connectivity index (χ4v) is 3.48. The van der Waals surface area contributed by atoms with E-state index >= 15 is 0 Å². The van der Waals surface area contributed by atoms with Gasteiger partial charge in [0.25, 0.3) is 0 Å². The summed E-state index contributed by atoms with van der Waals surface area (Å²) in [7, 11) is 0. The van der Waals surface area contributed by atoms with Crippen LogP contribution in [-0.2, 0) is 9.47 Å². The predicted octanol–water partition coefficient (Wildman–Crippen LogP) is 2.71. The number of likely N-dealkylation sites (N-methyl/N-ethyl adjacent to an activating group) is 1. The lowest BCUT2D eigenvalue weighted by atomic mass is 9.95. The van der Waals surface area contributed by atoms with Gasteiger partial charge in [0.1, 0.15) is 6.10 Å². The number of rotatable bonds is 4. The largest absolute Gasteiger partial charge is 0.422 e. The van der Waals surface area contributed by atoms with Gasteiger partial charge in [-0.15, -0.1) is 10.2 Å². The van der Waals surface area contributed by atoms with E-state index in [1.54, 1.807) is 0 Å². The third-order valence-corrected chi connectivity index (χ3v) is 4.87. The second kappa shape index (κ2) is 7.01. The third kappa shape index (κ3) is 3.09. The van der Waals surface area contributed by atoms with E-state index in [1.165, 1.54) is 0 Å². The van der Waals surface area contributed by atoms with E-state index in [1.807, 2.05) is 18.2 Å². The van der Waals surface area contributed by atoms with Crippen LogP contribution >= 0.6 is 0 Å². The Kier molecular flexibility index (Phi) is 4.60. The summed E-state index contributed by atoms with van der Waals surface area (Å²) in [5.74, 6) is 1.36. The first kappa shape index (κ1) is 15.7. The maximum atomic E-state index is 6.00. The smallest absolute Gasteiger partial charge is 0.246 e. The van der Waals surface area contributed by atoms with Gasteiger partial charge in [0.05, 0.1) is 18.6 Å². The normalized spacial score (nSPS) is 28.3. The second-order valence-corrected chi connectivity index (χ2v) is 6.33. The molecule has 6 nitrogen and oxygen atoms in total. The molecule has 1 aromatic heterocycles. The Morgan fingerprint density at radius 2 is 1.92 bits per heavy atom. The van der Waals surface area contributed by atoms with Crippen LogP contribution in [0.15, 0.2) is 34.7 Å². The standard InChI is InChI=1S/C18H23N3O3/c1-2-21-9-11-22-15(12-21)18-20-19-17(24-18)14-8-10-23-16(14)13-6-4-3-5-7-13/h3-7,14-16H,2,8-12H2,1H3/t14-,15-,16+/m0/s1. The van der Waals surface area contributed by atoms with Gasteiger partial charge >= 0.3 is 0 Å². The summed E-state index contributed by atoms with van der Waals surface area (Å²) in [6, 6.07) is 10.2. The molecule has 0 bridgehead atoms. The average Bonchev–Trinajstić information content (AvgIpc) is 3.31. The molecule has 3 atom stereocenters. The summed E-state index contributed by atoms with van der Waals surface area (Å²) in [5, 5.41) is 8.56. The maximum absolute atomic E-state index is 6.00. The van der Waals surface area contributed by atoms with Gasteiger partial charge in [-0.3, -0.25) is 4.90 Å². The van der Waals surface area contributed by atoms with Crippen molar-refractivity contribution < 1.29 is 13.9 Å². The minimum absolute atomic E-state index is 0.0149. The molecule has 0 saturated carbocycles. The minimum Gasteiger partial charge on any atom is -0.422 e. The van der Waals surface area contributed by atoms with Gasteiger partial charge in [0.2, 0.25) is 11.8 Å². The summed E-state index contributed by atoms with van der Waals surface area (Å²) in [4.78, 5) is 2.34. The molecule has 0 aliphatic carbocycles. The lowest BCUT2D eigenvalue weighted by Crippen LogP contribution is -2.38. The van der Waals surface area contributed by atoms with Gasteiger partial charge < -0.3 is 13.9 Å². The monoisotopic (exact) mass is 329 g/mol. The van der Waals surface area contributed by atoms with Gasteiger partial charge in [-0.05, 0) is 18.5 Å². The first-order valence-corrected chi connectivity index (χ1v) is 8.69. The SMILES string of the molecule is CCN1CCO[C@H](c2nnc([C@H]3CCO[C@@H]3c3ccccc3)o2)C1. The van der Waals surface area contributed by atoms with Crippen LogP contribution in [0.4, 0.5) is 0 Å². The molecule has 6 heteroatoms. The first-order chi connectivity index (χ1) is 11.8. The summed E-state index contributed by atoms with van der Waals surface area (Å²) in [6.45, 7) is 6.35. The van der Waals surface area contributed by atoms with Crippen LogP contribution in [0.5, 0.6) is 0 Å². The molecular weight excluding hydrogens is 306 g/mol. The molecule has 1 aromatic carbocycles. The van der Waals surface area contributed by atoms with Crippen LogP contribution in [0.2, 0.25) is 0 Å². The highest BCUT2D eigenvalue weighted by Gasteiger charge is 2.36. The minimum atomic E-state index is -0.127. The van der Waals surface area contributed by atoms with E-state index in [0.29, 0.717) is 25.0 Å². The summed E-state index contributed by atoms with van der Waals surface area (Å²) in [6.07, 6.45) is 0.754. The van der Waals surface area contributed by atoms with E-state index in [4.69, 9.17) is 13.9 Å². The van der Waals surface area contributed by atoms with Crippen molar-refractivity contribution in [3.63, 3.8) is 0 Å². The Balaban J connectivity index is 1.52. The van der Waals surface area contributed by atoms with Crippen LogP contribution in [0, 0.1) is 0 Å². The molecule has 2 fully saturated rings. The van der Waals surface area contributed by atoms with Gasteiger partial charge in [0.15, 0.2) is 0 Å². The molecule has 2 aliphatic heterocycles. The van der Waals surface area contributed by atoms with Crippen molar-refractivity contribution in [1.82, 2.24) is 15.1 Å². The highest BCUT2D eigenvalue weighted by molar-refractivity contribution is 5.22. The molecule has 128 valence electrons. The number of benzene rings is 1. The van der Waals surface area contributed by atoms with Crippen molar-refractivity contribution in [3.05, 3.63) is 47.7 Å². The van der Waals surface area contributed by atoms with Crippen LogP contribution < -0.4 is 0 Å². The second-order valence-electron chi connectivity index (χ2n) is 6.33. The number of aromatic nitrogens is 2. The Labute approximate surface area is 141 Å². The zero-order valence-electron chi connectivity index (χ0n) is 13.9. The number of hydrogen-bond donors (Lipinski definition) is 0. The zero-order valence-corrected chi connectivity index (χ0v) is 13.9. The molecule has 2 aromatic rings. The molecule has 2 saturated heterocycles. The average molecular weight is 329 g/mol. The Hall–Kier alpha value is -1.76. The molecular formula is C18H23N3O3. The van der Waals surface area contributed by atoms with E-state index in [9.17, 15) is 0 Å². The van der Waals surface area contributed by atoms with Gasteiger partial charge in [0, 0.05) is 19.7 Å². The molecule has 0 amide bonds. The molecule has 4 rings (SSSR count). The summed E-state index contributed by atoms with van der Waals surface area (Å²) >= 11 is 0. The van der Waals surface area contributed by atoms with Crippen LogP contribution in [0.1, 0.15) is 48.8 Å². The van der Waals surface area contributed by atoms with Crippen molar-refractivity contribution in [2.45, 2.75) is 31.5 Å². The van der Waals surface area contributed by atoms with E-state index in [2.05, 4.69) is 34.2 Å². The molecule has 2 aliphatic rings. The molecule has 24 heavy (non-hydrogen) atoms. The van der Waals surface area contributed by atoms with Crippen molar-refractivity contribution >= 4 is 0 Å². The number of morpholine rings is 1. The molecule has 3 heterocycles. The first-order valence-electron chi connectivity index (χ1n) is 8.69. The molecule has 0 unspecified atom stereocenters. The van der Waals surface area contributed by atoms with Gasteiger partial charge in [-0.25, -0.2) is 0 Å². The quantitative estimate of drug-likeness (QED) is 0.859. The van der Waals surface area contributed by atoms with Crippen LogP contribution in [0.25, 0.3) is 0 Å². The predicted molar refractivity (Wildman–Crippen MR) is 87.6 cm³/mol. The van der Waals surface area contributed by atoms with Gasteiger partial charge in [-0.1, -0.05) is 37.3 Å². The van der Waals surface area contributed by atoms with Gasteiger partial charge in [-0.2, -0.15) is 0 Å². The Bertz CT molecular complexity index is 661. The van der Waals surface area contributed by atoms with E-state index < -0.39 is 0 Å². The Morgan fingerprint density at radius 1 is 1.08 bits per heavy atom. The number of nitrogens with zero attached hydrogens (tertiary/aromatic N) is 3. The van der Waals surface area contributed by atoms with E-state index in [-0.39, 0.29) is 18.1 Å².